The lowest BCUT2D eigenvalue weighted by molar-refractivity contribution is -0.125. The molecule has 0 saturated heterocycles. The fourth-order valence-electron chi connectivity index (χ4n) is 3.21. The zero-order valence-corrected chi connectivity index (χ0v) is 12.6. The fourth-order valence-corrected chi connectivity index (χ4v) is 3.21. The Hall–Kier alpha value is -1.35. The molecule has 0 bridgehead atoms. The summed E-state index contributed by atoms with van der Waals surface area (Å²) in [5.41, 5.74) is 7.23. The third-order valence-electron chi connectivity index (χ3n) is 4.55. The van der Waals surface area contributed by atoms with E-state index in [1.54, 1.807) is 0 Å². The van der Waals surface area contributed by atoms with Crippen molar-refractivity contribution in [3.8, 4) is 0 Å². The van der Waals surface area contributed by atoms with E-state index in [1.807, 2.05) is 31.2 Å². The number of primary amides is 1. The maximum absolute atomic E-state index is 12.2. The lowest BCUT2D eigenvalue weighted by Crippen LogP contribution is -2.56. The second-order valence-electron chi connectivity index (χ2n) is 5.97. The predicted molar refractivity (Wildman–Crippen MR) is 82.4 cm³/mol. The molecule has 3 nitrogen and oxygen atoms in total. The van der Waals surface area contributed by atoms with E-state index in [0.717, 1.165) is 18.4 Å². The molecule has 1 amide bonds. The number of nitrogens with one attached hydrogen (secondary N) is 1. The van der Waals surface area contributed by atoms with Crippen molar-refractivity contribution in [2.24, 2.45) is 5.73 Å². The van der Waals surface area contributed by atoms with Crippen LogP contribution in [0.25, 0.3) is 0 Å². The number of carbonyl (C=O) groups is 1. The van der Waals surface area contributed by atoms with Gasteiger partial charge in [-0.25, -0.2) is 0 Å². The molecule has 1 atom stereocenters. The van der Waals surface area contributed by atoms with E-state index in [-0.39, 0.29) is 5.91 Å². The number of nitrogens with two attached hydrogens (primary N) is 1. The van der Waals surface area contributed by atoms with Crippen LogP contribution < -0.4 is 11.1 Å². The number of aryl methyl sites for hydroxylation is 1. The molecule has 3 N–H and O–H groups in total. The molecule has 2 rings (SSSR count). The number of hydrogen-bond donors (Lipinski definition) is 2. The van der Waals surface area contributed by atoms with Crippen molar-refractivity contribution < 1.29 is 4.79 Å². The van der Waals surface area contributed by atoms with E-state index in [4.69, 9.17) is 5.73 Å². The molecule has 0 aromatic heterocycles. The van der Waals surface area contributed by atoms with Crippen molar-refractivity contribution in [3.63, 3.8) is 0 Å². The summed E-state index contributed by atoms with van der Waals surface area (Å²) in [6.07, 6.45) is 6.75. The predicted octanol–water partition coefficient (Wildman–Crippen LogP) is 3.01. The largest absolute Gasteiger partial charge is 0.368 e. The van der Waals surface area contributed by atoms with E-state index in [1.165, 1.54) is 24.8 Å². The Labute approximate surface area is 121 Å². The van der Waals surface area contributed by atoms with Gasteiger partial charge >= 0.3 is 0 Å². The number of benzene rings is 1. The number of rotatable bonds is 5. The maximum atomic E-state index is 12.2. The van der Waals surface area contributed by atoms with E-state index in [2.05, 4.69) is 12.2 Å². The summed E-state index contributed by atoms with van der Waals surface area (Å²) in [5.74, 6) is -0.269. The monoisotopic (exact) mass is 274 g/mol. The molecule has 0 aliphatic heterocycles. The Morgan fingerprint density at radius 3 is 2.35 bits per heavy atom. The average molecular weight is 274 g/mol. The highest BCUT2D eigenvalue weighted by Gasteiger charge is 2.38. The first-order chi connectivity index (χ1) is 9.58. The van der Waals surface area contributed by atoms with Gasteiger partial charge in [-0.1, -0.05) is 56.0 Å². The van der Waals surface area contributed by atoms with Crippen molar-refractivity contribution in [3.05, 3.63) is 35.4 Å². The topological polar surface area (TPSA) is 55.1 Å². The third-order valence-corrected chi connectivity index (χ3v) is 4.55. The van der Waals surface area contributed by atoms with E-state index in [9.17, 15) is 4.79 Å². The number of amides is 1. The van der Waals surface area contributed by atoms with Crippen LogP contribution in [0.5, 0.6) is 0 Å². The molecule has 0 heterocycles. The summed E-state index contributed by atoms with van der Waals surface area (Å²) in [7, 11) is 0. The van der Waals surface area contributed by atoms with Crippen LogP contribution in [0.1, 0.15) is 56.6 Å². The molecule has 1 fully saturated rings. The highest BCUT2D eigenvalue weighted by Crippen LogP contribution is 2.29. The first-order valence-corrected chi connectivity index (χ1v) is 7.73. The van der Waals surface area contributed by atoms with Gasteiger partial charge in [-0.2, -0.15) is 0 Å². The Bertz CT molecular complexity index is 449. The first kappa shape index (κ1) is 15.0. The summed E-state index contributed by atoms with van der Waals surface area (Å²) in [5, 5.41) is 3.58. The Morgan fingerprint density at radius 2 is 1.85 bits per heavy atom. The van der Waals surface area contributed by atoms with Crippen molar-refractivity contribution in [2.75, 3.05) is 0 Å². The van der Waals surface area contributed by atoms with Gasteiger partial charge in [0.05, 0.1) is 0 Å². The van der Waals surface area contributed by atoms with Gasteiger partial charge in [-0.05, 0) is 31.7 Å². The van der Waals surface area contributed by atoms with Gasteiger partial charge in [0.2, 0.25) is 5.91 Å². The van der Waals surface area contributed by atoms with Gasteiger partial charge < -0.3 is 5.73 Å². The highest BCUT2D eigenvalue weighted by molar-refractivity contribution is 5.86. The highest BCUT2D eigenvalue weighted by atomic mass is 16.1. The van der Waals surface area contributed by atoms with Gasteiger partial charge in [0.1, 0.15) is 5.54 Å². The van der Waals surface area contributed by atoms with Crippen LogP contribution in [0, 0.1) is 6.92 Å². The smallest absolute Gasteiger partial charge is 0.242 e. The van der Waals surface area contributed by atoms with Crippen molar-refractivity contribution in [2.45, 2.75) is 64.0 Å². The molecular weight excluding hydrogens is 248 g/mol. The summed E-state index contributed by atoms with van der Waals surface area (Å²) in [4.78, 5) is 12.2. The van der Waals surface area contributed by atoms with Crippen molar-refractivity contribution in [1.82, 2.24) is 5.32 Å². The molecule has 3 heteroatoms. The van der Waals surface area contributed by atoms with Crippen molar-refractivity contribution in [1.29, 1.82) is 0 Å². The van der Waals surface area contributed by atoms with Crippen molar-refractivity contribution >= 4 is 5.91 Å². The summed E-state index contributed by atoms with van der Waals surface area (Å²) in [6.45, 7) is 4.08. The van der Waals surface area contributed by atoms with Crippen LogP contribution in [0.3, 0.4) is 0 Å². The normalized spacial score (nSPS) is 19.5. The quantitative estimate of drug-likeness (QED) is 0.867. The van der Waals surface area contributed by atoms with Gasteiger partial charge in [-0.15, -0.1) is 0 Å². The second kappa shape index (κ2) is 6.40. The summed E-state index contributed by atoms with van der Waals surface area (Å²) >= 11 is 0. The lowest BCUT2D eigenvalue weighted by atomic mass is 9.83. The Kier molecular flexibility index (Phi) is 4.81. The van der Waals surface area contributed by atoms with Crippen LogP contribution in [0.15, 0.2) is 24.3 Å². The minimum atomic E-state index is -0.726. The SMILES string of the molecule is CCC(NC1CCCCC1)(C(N)=O)c1ccc(C)cc1. The van der Waals surface area contributed by atoms with E-state index in [0.29, 0.717) is 12.5 Å². The van der Waals surface area contributed by atoms with E-state index >= 15 is 0 Å². The second-order valence-corrected chi connectivity index (χ2v) is 5.97. The zero-order chi connectivity index (χ0) is 14.6. The molecule has 1 aromatic carbocycles. The molecule has 20 heavy (non-hydrogen) atoms. The Balaban J connectivity index is 2.28. The van der Waals surface area contributed by atoms with Gasteiger partial charge in [0.25, 0.3) is 0 Å². The molecule has 1 aliphatic rings. The molecule has 1 unspecified atom stereocenters. The molecular formula is C17H26N2O. The van der Waals surface area contributed by atoms with Crippen LogP contribution in [0.2, 0.25) is 0 Å². The molecule has 110 valence electrons. The zero-order valence-electron chi connectivity index (χ0n) is 12.6. The fraction of sp³-hybridized carbons (Fsp3) is 0.588. The average Bonchev–Trinajstić information content (AvgIpc) is 2.46. The van der Waals surface area contributed by atoms with Gasteiger partial charge in [0, 0.05) is 6.04 Å². The van der Waals surface area contributed by atoms with Crippen LogP contribution in [-0.4, -0.2) is 11.9 Å². The third kappa shape index (κ3) is 3.04. The molecule has 0 spiro atoms. The van der Waals surface area contributed by atoms with Crippen LogP contribution in [-0.2, 0) is 10.3 Å². The minimum absolute atomic E-state index is 0.269. The standard InChI is InChI=1S/C17H26N2O/c1-3-17(16(18)20,14-11-9-13(2)10-12-14)19-15-7-5-4-6-8-15/h9-12,15,19H,3-8H2,1-2H3,(H2,18,20). The molecule has 1 saturated carbocycles. The van der Waals surface area contributed by atoms with Gasteiger partial charge in [-0.3, -0.25) is 10.1 Å². The van der Waals surface area contributed by atoms with Crippen LogP contribution in [0.4, 0.5) is 0 Å². The lowest BCUT2D eigenvalue weighted by Gasteiger charge is -2.37. The molecule has 1 aromatic rings. The van der Waals surface area contributed by atoms with Gasteiger partial charge in [0.15, 0.2) is 0 Å². The van der Waals surface area contributed by atoms with E-state index < -0.39 is 5.54 Å². The Morgan fingerprint density at radius 1 is 1.25 bits per heavy atom. The summed E-state index contributed by atoms with van der Waals surface area (Å²) < 4.78 is 0. The molecule has 1 aliphatic carbocycles. The number of hydrogen-bond acceptors (Lipinski definition) is 2. The minimum Gasteiger partial charge on any atom is -0.368 e. The first-order valence-electron chi connectivity index (χ1n) is 7.73. The summed E-state index contributed by atoms with van der Waals surface area (Å²) in [6, 6.07) is 8.55. The number of carbonyl (C=O) groups excluding carboxylic acids is 1. The molecule has 0 radical (unpaired) electrons. The maximum Gasteiger partial charge on any atom is 0.242 e. The van der Waals surface area contributed by atoms with Crippen LogP contribution >= 0.6 is 0 Å².